The molecule has 0 saturated carbocycles. The summed E-state index contributed by atoms with van der Waals surface area (Å²) in [6.07, 6.45) is 8.41. The van der Waals surface area contributed by atoms with Crippen molar-refractivity contribution in [2.45, 2.75) is 39.5 Å². The van der Waals surface area contributed by atoms with Gasteiger partial charge in [0.1, 0.15) is 0 Å². The van der Waals surface area contributed by atoms with Crippen molar-refractivity contribution in [1.29, 1.82) is 0 Å². The number of fused-ring (bicyclic) bond motifs is 1. The molecule has 4 heteroatoms. The molecule has 26 heavy (non-hydrogen) atoms. The van der Waals surface area contributed by atoms with Gasteiger partial charge in [0, 0.05) is 42.9 Å². The fraction of sp³-hybridized carbons (Fsp3) is 0.455. The summed E-state index contributed by atoms with van der Waals surface area (Å²) in [4.78, 5) is 21.3. The van der Waals surface area contributed by atoms with Gasteiger partial charge in [0.2, 0.25) is 5.91 Å². The van der Waals surface area contributed by atoms with Crippen molar-refractivity contribution in [3.05, 3.63) is 48.2 Å². The van der Waals surface area contributed by atoms with Crippen molar-refractivity contribution < 1.29 is 4.79 Å². The summed E-state index contributed by atoms with van der Waals surface area (Å²) in [7, 11) is 0. The molecule has 138 valence electrons. The highest BCUT2D eigenvalue weighted by Gasteiger charge is 2.21. The molecule has 2 heterocycles. The molecule has 0 aliphatic carbocycles. The van der Waals surface area contributed by atoms with E-state index >= 15 is 0 Å². The third kappa shape index (κ3) is 4.43. The number of hydrogen-bond donors (Lipinski definition) is 0. The lowest BCUT2D eigenvalue weighted by Gasteiger charge is -2.36. The highest BCUT2D eigenvalue weighted by atomic mass is 16.2. The van der Waals surface area contributed by atoms with E-state index < -0.39 is 0 Å². The predicted molar refractivity (Wildman–Crippen MR) is 109 cm³/mol. The highest BCUT2D eigenvalue weighted by Crippen LogP contribution is 2.27. The van der Waals surface area contributed by atoms with E-state index in [2.05, 4.69) is 41.1 Å². The number of amides is 1. The van der Waals surface area contributed by atoms with Gasteiger partial charge in [-0.25, -0.2) is 0 Å². The maximum Gasteiger partial charge on any atom is 0.246 e. The number of rotatable bonds is 6. The Morgan fingerprint density at radius 2 is 1.92 bits per heavy atom. The molecule has 1 fully saturated rings. The number of carbonyl (C=O) groups is 1. The first kappa shape index (κ1) is 18.4. The fourth-order valence-corrected chi connectivity index (χ4v) is 3.52. The normalized spacial score (nSPS) is 15.2. The smallest absolute Gasteiger partial charge is 0.246 e. The number of anilines is 1. The number of hydrogen-bond acceptors (Lipinski definition) is 3. The van der Waals surface area contributed by atoms with E-state index in [1.165, 1.54) is 30.3 Å². The lowest BCUT2D eigenvalue weighted by molar-refractivity contribution is -0.126. The number of pyridine rings is 1. The van der Waals surface area contributed by atoms with Crippen LogP contribution in [0.1, 0.15) is 38.3 Å². The summed E-state index contributed by atoms with van der Waals surface area (Å²) in [6.45, 7) is 7.51. The molecule has 1 amide bonds. The van der Waals surface area contributed by atoms with E-state index in [0.717, 1.165) is 43.8 Å². The fourth-order valence-electron chi connectivity index (χ4n) is 3.52. The summed E-state index contributed by atoms with van der Waals surface area (Å²) in [6, 6.07) is 10.4. The average molecular weight is 351 g/mol. The minimum Gasteiger partial charge on any atom is -0.367 e. The monoisotopic (exact) mass is 351 g/mol. The molecule has 1 aromatic carbocycles. The molecule has 0 N–H and O–H groups in total. The third-order valence-electron chi connectivity index (χ3n) is 4.99. The van der Waals surface area contributed by atoms with Crippen molar-refractivity contribution >= 4 is 22.5 Å². The molecule has 0 bridgehead atoms. The molecular weight excluding hydrogens is 322 g/mol. The van der Waals surface area contributed by atoms with Crippen molar-refractivity contribution in [2.24, 2.45) is 0 Å². The van der Waals surface area contributed by atoms with Crippen LogP contribution in [0, 0.1) is 6.92 Å². The van der Waals surface area contributed by atoms with Gasteiger partial charge in [0.05, 0.1) is 5.52 Å². The molecule has 0 spiro atoms. The van der Waals surface area contributed by atoms with Crippen LogP contribution < -0.4 is 4.90 Å². The van der Waals surface area contributed by atoms with Crippen molar-refractivity contribution in [3.8, 4) is 0 Å². The SMILES string of the molecule is CCCCCC=CC(=O)N1CCN(c2cc(C)nc3ccccc23)CC1. The predicted octanol–water partition coefficient (Wildman–Crippen LogP) is 4.33. The summed E-state index contributed by atoms with van der Waals surface area (Å²) < 4.78 is 0. The lowest BCUT2D eigenvalue weighted by atomic mass is 10.1. The Morgan fingerprint density at radius 1 is 1.15 bits per heavy atom. The second-order valence-corrected chi connectivity index (χ2v) is 7.01. The molecule has 2 aromatic rings. The van der Waals surface area contributed by atoms with Gasteiger partial charge in [-0.1, -0.05) is 44.0 Å². The number of aryl methyl sites for hydroxylation is 1. The first-order chi connectivity index (χ1) is 12.7. The molecule has 1 aromatic heterocycles. The summed E-state index contributed by atoms with van der Waals surface area (Å²) >= 11 is 0. The van der Waals surface area contributed by atoms with Crippen LogP contribution in [0.25, 0.3) is 10.9 Å². The van der Waals surface area contributed by atoms with E-state index in [1.54, 1.807) is 6.08 Å². The molecular formula is C22H29N3O. The zero-order valence-electron chi connectivity index (χ0n) is 15.9. The van der Waals surface area contributed by atoms with Gasteiger partial charge in [-0.2, -0.15) is 0 Å². The molecule has 4 nitrogen and oxygen atoms in total. The van der Waals surface area contributed by atoms with Gasteiger partial charge in [0.15, 0.2) is 0 Å². The molecule has 0 radical (unpaired) electrons. The van der Waals surface area contributed by atoms with Gasteiger partial charge >= 0.3 is 0 Å². The zero-order valence-corrected chi connectivity index (χ0v) is 15.9. The lowest BCUT2D eigenvalue weighted by Crippen LogP contribution is -2.48. The molecule has 1 aliphatic heterocycles. The van der Waals surface area contributed by atoms with E-state index in [1.807, 2.05) is 24.0 Å². The van der Waals surface area contributed by atoms with E-state index in [-0.39, 0.29) is 5.91 Å². The Balaban J connectivity index is 1.61. The minimum absolute atomic E-state index is 0.150. The Morgan fingerprint density at radius 3 is 2.69 bits per heavy atom. The van der Waals surface area contributed by atoms with Crippen molar-refractivity contribution in [2.75, 3.05) is 31.1 Å². The molecule has 1 saturated heterocycles. The van der Waals surface area contributed by atoms with Crippen LogP contribution in [-0.2, 0) is 4.79 Å². The Kier molecular flexibility index (Phi) is 6.26. The Labute approximate surface area is 156 Å². The highest BCUT2D eigenvalue weighted by molar-refractivity contribution is 5.92. The summed E-state index contributed by atoms with van der Waals surface area (Å²) in [5, 5.41) is 1.19. The number of para-hydroxylation sites is 1. The minimum atomic E-state index is 0.150. The Bertz CT molecular complexity index is 776. The summed E-state index contributed by atoms with van der Waals surface area (Å²) in [5.41, 5.74) is 3.30. The van der Waals surface area contributed by atoms with Crippen LogP contribution in [0.15, 0.2) is 42.5 Å². The van der Waals surface area contributed by atoms with Crippen molar-refractivity contribution in [1.82, 2.24) is 9.88 Å². The van der Waals surface area contributed by atoms with Crippen LogP contribution in [-0.4, -0.2) is 42.0 Å². The van der Waals surface area contributed by atoms with Gasteiger partial charge in [0.25, 0.3) is 0 Å². The topological polar surface area (TPSA) is 36.4 Å². The standard InChI is InChI=1S/C22H29N3O/c1-3-4-5-6-7-12-22(26)25-15-13-24(14-16-25)21-17-18(2)23-20-11-9-8-10-19(20)21/h7-12,17H,3-6,13-16H2,1-2H3. The number of unbranched alkanes of at least 4 members (excludes halogenated alkanes) is 3. The number of piperazine rings is 1. The van der Waals surface area contributed by atoms with E-state index in [0.29, 0.717) is 0 Å². The van der Waals surface area contributed by atoms with Crippen molar-refractivity contribution in [3.63, 3.8) is 0 Å². The van der Waals surface area contributed by atoms with E-state index in [9.17, 15) is 4.79 Å². The van der Waals surface area contributed by atoms with Crippen LogP contribution in [0.2, 0.25) is 0 Å². The van der Waals surface area contributed by atoms with Crippen LogP contribution in [0.3, 0.4) is 0 Å². The maximum absolute atomic E-state index is 12.4. The first-order valence-electron chi connectivity index (χ1n) is 9.76. The average Bonchev–Trinajstić information content (AvgIpc) is 2.67. The first-order valence-corrected chi connectivity index (χ1v) is 9.76. The number of carbonyl (C=O) groups excluding carboxylic acids is 1. The molecule has 1 aliphatic rings. The number of benzene rings is 1. The molecule has 0 unspecified atom stereocenters. The number of nitrogens with zero attached hydrogens (tertiary/aromatic N) is 3. The quantitative estimate of drug-likeness (QED) is 0.574. The van der Waals surface area contributed by atoms with Crippen LogP contribution >= 0.6 is 0 Å². The third-order valence-corrected chi connectivity index (χ3v) is 4.99. The molecule has 3 rings (SSSR count). The number of aromatic nitrogens is 1. The van der Waals surface area contributed by atoms with Gasteiger partial charge in [-0.15, -0.1) is 0 Å². The molecule has 0 atom stereocenters. The van der Waals surface area contributed by atoms with Crippen LogP contribution in [0.5, 0.6) is 0 Å². The number of allylic oxidation sites excluding steroid dienone is 1. The second-order valence-electron chi connectivity index (χ2n) is 7.01. The maximum atomic E-state index is 12.4. The van der Waals surface area contributed by atoms with E-state index in [4.69, 9.17) is 0 Å². The van der Waals surface area contributed by atoms with Gasteiger partial charge < -0.3 is 9.80 Å². The van der Waals surface area contributed by atoms with Gasteiger partial charge in [-0.05, 0) is 38.0 Å². The summed E-state index contributed by atoms with van der Waals surface area (Å²) in [5.74, 6) is 0.150. The Hall–Kier alpha value is -2.36. The van der Waals surface area contributed by atoms with Gasteiger partial charge in [-0.3, -0.25) is 9.78 Å². The van der Waals surface area contributed by atoms with Crippen LogP contribution in [0.4, 0.5) is 5.69 Å². The largest absolute Gasteiger partial charge is 0.367 e. The second kappa shape index (κ2) is 8.84. The zero-order chi connectivity index (χ0) is 18.4.